The molecule has 1 aromatic carbocycles. The molecule has 0 aliphatic rings. The zero-order valence-corrected chi connectivity index (χ0v) is 12.9. The van der Waals surface area contributed by atoms with E-state index in [1.165, 1.54) is 0 Å². The first kappa shape index (κ1) is 14.9. The standard InChI is InChI=1S/C18H17N5/c1-23(12-16-9-14(11-19)7-8-20-16)13-17-10-18(22-21-17)15-5-3-2-4-6-15/h2-10H,12-13H2,1H3,(H,21,22). The number of hydrogen-bond donors (Lipinski definition) is 1. The third-order valence-electron chi connectivity index (χ3n) is 3.52. The Hall–Kier alpha value is -2.97. The van der Waals surface area contributed by atoms with Crippen LogP contribution in [-0.4, -0.2) is 27.1 Å². The topological polar surface area (TPSA) is 68.6 Å². The van der Waals surface area contributed by atoms with Crippen LogP contribution < -0.4 is 0 Å². The summed E-state index contributed by atoms with van der Waals surface area (Å²) in [6.07, 6.45) is 1.67. The summed E-state index contributed by atoms with van der Waals surface area (Å²) >= 11 is 0. The molecule has 1 N–H and O–H groups in total. The Bertz CT molecular complexity index is 817. The fraction of sp³-hybridized carbons (Fsp3) is 0.167. The fourth-order valence-electron chi connectivity index (χ4n) is 2.46. The largest absolute Gasteiger partial charge is 0.295 e. The second-order valence-corrected chi connectivity index (χ2v) is 5.46. The highest BCUT2D eigenvalue weighted by molar-refractivity contribution is 5.58. The fourth-order valence-corrected chi connectivity index (χ4v) is 2.46. The number of nitriles is 1. The summed E-state index contributed by atoms with van der Waals surface area (Å²) in [5.41, 5.74) is 4.60. The van der Waals surface area contributed by atoms with Crippen LogP contribution in [0.25, 0.3) is 11.3 Å². The highest BCUT2D eigenvalue weighted by Gasteiger charge is 2.07. The minimum absolute atomic E-state index is 0.635. The Morgan fingerprint density at radius 3 is 2.74 bits per heavy atom. The maximum atomic E-state index is 8.94. The Morgan fingerprint density at radius 2 is 1.96 bits per heavy atom. The van der Waals surface area contributed by atoms with Gasteiger partial charge in [-0.1, -0.05) is 30.3 Å². The third-order valence-corrected chi connectivity index (χ3v) is 3.52. The molecule has 3 aromatic rings. The third kappa shape index (κ3) is 3.82. The molecular formula is C18H17N5. The zero-order valence-electron chi connectivity index (χ0n) is 12.9. The smallest absolute Gasteiger partial charge is 0.0992 e. The van der Waals surface area contributed by atoms with Crippen molar-refractivity contribution in [2.45, 2.75) is 13.1 Å². The van der Waals surface area contributed by atoms with E-state index in [2.05, 4.69) is 32.2 Å². The molecule has 5 heteroatoms. The average molecular weight is 303 g/mol. The Labute approximate surface area is 135 Å². The van der Waals surface area contributed by atoms with Gasteiger partial charge in [0.1, 0.15) is 0 Å². The highest BCUT2D eigenvalue weighted by atomic mass is 15.2. The van der Waals surface area contributed by atoms with Crippen LogP contribution in [0.3, 0.4) is 0 Å². The van der Waals surface area contributed by atoms with Gasteiger partial charge in [-0.15, -0.1) is 0 Å². The predicted molar refractivity (Wildman–Crippen MR) is 88.1 cm³/mol. The van der Waals surface area contributed by atoms with Crippen molar-refractivity contribution in [2.75, 3.05) is 7.05 Å². The lowest BCUT2D eigenvalue weighted by Crippen LogP contribution is -2.18. The molecule has 0 saturated heterocycles. The summed E-state index contributed by atoms with van der Waals surface area (Å²) in [7, 11) is 2.02. The molecule has 0 atom stereocenters. The van der Waals surface area contributed by atoms with E-state index in [4.69, 9.17) is 5.26 Å². The molecule has 0 fully saturated rings. The Balaban J connectivity index is 1.65. The molecule has 0 amide bonds. The van der Waals surface area contributed by atoms with Crippen molar-refractivity contribution in [1.29, 1.82) is 5.26 Å². The summed E-state index contributed by atoms with van der Waals surface area (Å²) < 4.78 is 0. The number of H-pyrrole nitrogens is 1. The van der Waals surface area contributed by atoms with Crippen molar-refractivity contribution in [1.82, 2.24) is 20.1 Å². The molecule has 0 unspecified atom stereocenters. The molecule has 114 valence electrons. The molecule has 0 bridgehead atoms. The van der Waals surface area contributed by atoms with Crippen LogP contribution in [0.2, 0.25) is 0 Å². The molecule has 0 saturated carbocycles. The summed E-state index contributed by atoms with van der Waals surface area (Å²) in [6.45, 7) is 1.41. The summed E-state index contributed by atoms with van der Waals surface area (Å²) in [5, 5.41) is 16.4. The van der Waals surface area contributed by atoms with Gasteiger partial charge in [-0.25, -0.2) is 0 Å². The molecule has 0 aliphatic heterocycles. The van der Waals surface area contributed by atoms with Crippen molar-refractivity contribution in [2.24, 2.45) is 0 Å². The number of hydrogen-bond acceptors (Lipinski definition) is 4. The predicted octanol–water partition coefficient (Wildman–Crippen LogP) is 2.98. The van der Waals surface area contributed by atoms with Crippen LogP contribution in [0.15, 0.2) is 54.7 Å². The van der Waals surface area contributed by atoms with Gasteiger partial charge in [0.2, 0.25) is 0 Å². The Kier molecular flexibility index (Phi) is 4.46. The summed E-state index contributed by atoms with van der Waals surface area (Å²) in [5.74, 6) is 0. The van der Waals surface area contributed by atoms with E-state index in [-0.39, 0.29) is 0 Å². The highest BCUT2D eigenvalue weighted by Crippen LogP contribution is 2.17. The molecule has 2 aromatic heterocycles. The van der Waals surface area contributed by atoms with Gasteiger partial charge < -0.3 is 0 Å². The number of aromatic nitrogens is 3. The number of benzene rings is 1. The van der Waals surface area contributed by atoms with Crippen LogP contribution in [0.5, 0.6) is 0 Å². The first-order chi connectivity index (χ1) is 11.2. The van der Waals surface area contributed by atoms with Crippen molar-refractivity contribution >= 4 is 0 Å². The van der Waals surface area contributed by atoms with Gasteiger partial charge in [0.25, 0.3) is 0 Å². The van der Waals surface area contributed by atoms with Crippen LogP contribution in [0, 0.1) is 11.3 Å². The van der Waals surface area contributed by atoms with Crippen molar-refractivity contribution in [3.8, 4) is 17.3 Å². The van der Waals surface area contributed by atoms with E-state index in [1.807, 2.05) is 43.4 Å². The molecule has 3 rings (SSSR count). The second-order valence-electron chi connectivity index (χ2n) is 5.46. The number of pyridine rings is 1. The van der Waals surface area contributed by atoms with Gasteiger partial charge in [-0.3, -0.25) is 15.0 Å². The zero-order chi connectivity index (χ0) is 16.1. The minimum Gasteiger partial charge on any atom is -0.295 e. The van der Waals surface area contributed by atoms with Gasteiger partial charge in [0, 0.05) is 30.5 Å². The number of rotatable bonds is 5. The van der Waals surface area contributed by atoms with Crippen LogP contribution in [-0.2, 0) is 13.1 Å². The van der Waals surface area contributed by atoms with Crippen molar-refractivity contribution < 1.29 is 0 Å². The SMILES string of the molecule is CN(Cc1cc(C#N)ccn1)Cc1cc(-c2ccccc2)n[nH]1. The van der Waals surface area contributed by atoms with E-state index in [0.717, 1.165) is 29.2 Å². The van der Waals surface area contributed by atoms with E-state index in [0.29, 0.717) is 12.1 Å². The average Bonchev–Trinajstić information content (AvgIpc) is 3.04. The number of nitrogens with one attached hydrogen (secondary N) is 1. The van der Waals surface area contributed by atoms with Crippen LogP contribution in [0.1, 0.15) is 17.0 Å². The van der Waals surface area contributed by atoms with E-state index < -0.39 is 0 Å². The lowest BCUT2D eigenvalue weighted by molar-refractivity contribution is 0.311. The summed E-state index contributed by atoms with van der Waals surface area (Å²) in [4.78, 5) is 6.43. The quantitative estimate of drug-likeness (QED) is 0.786. The minimum atomic E-state index is 0.635. The molecule has 0 aliphatic carbocycles. The molecular weight excluding hydrogens is 286 g/mol. The van der Waals surface area contributed by atoms with Crippen molar-refractivity contribution in [3.63, 3.8) is 0 Å². The number of nitrogens with zero attached hydrogens (tertiary/aromatic N) is 4. The maximum absolute atomic E-state index is 8.94. The van der Waals surface area contributed by atoms with E-state index >= 15 is 0 Å². The van der Waals surface area contributed by atoms with Gasteiger partial charge in [-0.2, -0.15) is 10.4 Å². The second kappa shape index (κ2) is 6.86. The van der Waals surface area contributed by atoms with E-state index in [9.17, 15) is 0 Å². The molecule has 23 heavy (non-hydrogen) atoms. The summed E-state index contributed by atoms with van der Waals surface area (Å²) in [6, 6.07) is 17.8. The first-order valence-corrected chi connectivity index (χ1v) is 7.38. The molecule has 2 heterocycles. The monoisotopic (exact) mass is 303 g/mol. The molecule has 0 spiro atoms. The lowest BCUT2D eigenvalue weighted by atomic mass is 10.1. The molecule has 5 nitrogen and oxygen atoms in total. The van der Waals surface area contributed by atoms with E-state index in [1.54, 1.807) is 12.3 Å². The van der Waals surface area contributed by atoms with Gasteiger partial charge >= 0.3 is 0 Å². The van der Waals surface area contributed by atoms with Gasteiger partial charge in [0.15, 0.2) is 0 Å². The molecule has 0 radical (unpaired) electrons. The van der Waals surface area contributed by atoms with Crippen LogP contribution in [0.4, 0.5) is 0 Å². The lowest BCUT2D eigenvalue weighted by Gasteiger charge is -2.14. The maximum Gasteiger partial charge on any atom is 0.0992 e. The first-order valence-electron chi connectivity index (χ1n) is 7.38. The van der Waals surface area contributed by atoms with Gasteiger partial charge in [-0.05, 0) is 25.2 Å². The van der Waals surface area contributed by atoms with Crippen molar-refractivity contribution in [3.05, 3.63) is 71.7 Å². The normalized spacial score (nSPS) is 10.7. The Morgan fingerprint density at radius 1 is 1.13 bits per heavy atom. The number of aromatic amines is 1. The van der Waals surface area contributed by atoms with Gasteiger partial charge in [0.05, 0.1) is 23.0 Å². The van der Waals surface area contributed by atoms with Crippen LogP contribution >= 0.6 is 0 Å².